The van der Waals surface area contributed by atoms with Crippen LogP contribution in [0.15, 0.2) is 60.8 Å². The van der Waals surface area contributed by atoms with Crippen molar-refractivity contribution < 1.29 is 13.2 Å². The number of nitrogens with one attached hydrogen (secondary N) is 1. The van der Waals surface area contributed by atoms with Crippen LogP contribution in [0.4, 0.5) is 5.13 Å². The van der Waals surface area contributed by atoms with Crippen molar-refractivity contribution in [3.63, 3.8) is 0 Å². The number of hydrogen-bond donors (Lipinski definition) is 1. The molecule has 0 aliphatic rings. The van der Waals surface area contributed by atoms with E-state index in [2.05, 4.69) is 15.3 Å². The molecule has 7 nitrogen and oxygen atoms in total. The van der Waals surface area contributed by atoms with Crippen LogP contribution in [0.1, 0.15) is 5.82 Å². The third kappa shape index (κ3) is 4.52. The molecule has 0 bridgehead atoms. The number of para-hydroxylation sites is 2. The van der Waals surface area contributed by atoms with Crippen molar-refractivity contribution in [1.29, 1.82) is 0 Å². The van der Waals surface area contributed by atoms with Gasteiger partial charge >= 0.3 is 0 Å². The second kappa shape index (κ2) is 7.76. The predicted octanol–water partition coefficient (Wildman–Crippen LogP) is 3.34. The molecule has 148 valence electrons. The van der Waals surface area contributed by atoms with E-state index in [0.717, 1.165) is 16.7 Å². The molecule has 0 fully saturated rings. The number of amides is 1. The summed E-state index contributed by atoms with van der Waals surface area (Å²) in [5.74, 6) is -0.186. The van der Waals surface area contributed by atoms with Crippen molar-refractivity contribution in [3.8, 4) is 10.4 Å². The van der Waals surface area contributed by atoms with Gasteiger partial charge in [-0.3, -0.25) is 4.79 Å². The zero-order valence-corrected chi connectivity index (χ0v) is 17.2. The summed E-state index contributed by atoms with van der Waals surface area (Å²) >= 11 is 1.38. The Bertz CT molecular complexity index is 1280. The summed E-state index contributed by atoms with van der Waals surface area (Å²) in [6.07, 6.45) is 2.87. The lowest BCUT2D eigenvalue weighted by molar-refractivity contribution is -0.116. The molecule has 2 aromatic carbocycles. The summed E-state index contributed by atoms with van der Waals surface area (Å²) in [5, 5.41) is 3.28. The molecule has 0 atom stereocenters. The highest BCUT2D eigenvalue weighted by Gasteiger charge is 2.18. The molecule has 9 heteroatoms. The smallest absolute Gasteiger partial charge is 0.246 e. The number of fused-ring (bicyclic) bond motifs is 1. The molecule has 2 heterocycles. The Kier molecular flexibility index (Phi) is 5.16. The molecule has 1 N–H and O–H groups in total. The van der Waals surface area contributed by atoms with Gasteiger partial charge in [-0.1, -0.05) is 53.8 Å². The van der Waals surface area contributed by atoms with Crippen molar-refractivity contribution in [2.75, 3.05) is 11.6 Å². The Labute approximate surface area is 172 Å². The first kappa shape index (κ1) is 19.3. The van der Waals surface area contributed by atoms with Gasteiger partial charge in [0, 0.05) is 12.5 Å². The Balaban J connectivity index is 1.56. The van der Waals surface area contributed by atoms with Crippen LogP contribution in [0.5, 0.6) is 0 Å². The van der Waals surface area contributed by atoms with Gasteiger partial charge in [0.25, 0.3) is 0 Å². The van der Waals surface area contributed by atoms with Crippen LogP contribution in [0.3, 0.4) is 0 Å². The lowest BCUT2D eigenvalue weighted by Crippen LogP contribution is -2.21. The molecule has 0 radical (unpaired) electrons. The van der Waals surface area contributed by atoms with Gasteiger partial charge in [0.05, 0.1) is 15.9 Å². The second-order valence-corrected chi connectivity index (χ2v) is 9.79. The summed E-state index contributed by atoms with van der Waals surface area (Å²) in [6, 6.07) is 17.1. The van der Waals surface area contributed by atoms with Gasteiger partial charge < -0.3 is 9.88 Å². The molecule has 4 aromatic rings. The standard InChI is InChI=1S/C20H18N4O3S2/c1-29(26,27)13-18-22-15-9-5-6-10-16(15)24(18)12-19(25)23-20-21-11-17(28-20)14-7-3-2-4-8-14/h2-11H,12-13H2,1H3,(H,21,23,25). The molecule has 1 amide bonds. The second-order valence-electron chi connectivity index (χ2n) is 6.62. The summed E-state index contributed by atoms with van der Waals surface area (Å²) in [5.41, 5.74) is 2.39. The maximum atomic E-state index is 12.6. The zero-order chi connectivity index (χ0) is 20.4. The summed E-state index contributed by atoms with van der Waals surface area (Å²) in [4.78, 5) is 22.3. The number of anilines is 1. The summed E-state index contributed by atoms with van der Waals surface area (Å²) in [7, 11) is -3.29. The van der Waals surface area contributed by atoms with E-state index in [9.17, 15) is 13.2 Å². The molecule has 0 saturated carbocycles. The van der Waals surface area contributed by atoms with Crippen LogP contribution in [0.25, 0.3) is 21.5 Å². The predicted molar refractivity (Wildman–Crippen MR) is 114 cm³/mol. The minimum Gasteiger partial charge on any atom is -0.318 e. The van der Waals surface area contributed by atoms with Crippen molar-refractivity contribution in [3.05, 3.63) is 66.6 Å². The van der Waals surface area contributed by atoms with Crippen molar-refractivity contribution in [1.82, 2.24) is 14.5 Å². The third-order valence-corrected chi connectivity index (χ3v) is 5.98. The highest BCUT2D eigenvalue weighted by atomic mass is 32.2. The Morgan fingerprint density at radius 1 is 1.10 bits per heavy atom. The van der Waals surface area contributed by atoms with E-state index < -0.39 is 9.84 Å². The van der Waals surface area contributed by atoms with Crippen molar-refractivity contribution >= 4 is 43.2 Å². The van der Waals surface area contributed by atoms with Gasteiger partial charge in [-0.15, -0.1) is 0 Å². The van der Waals surface area contributed by atoms with Crippen LogP contribution in [0.2, 0.25) is 0 Å². The number of benzene rings is 2. The number of nitrogens with zero attached hydrogens (tertiary/aromatic N) is 3. The number of rotatable bonds is 6. The number of thiazole rings is 1. The largest absolute Gasteiger partial charge is 0.318 e. The molecule has 0 aliphatic heterocycles. The Morgan fingerprint density at radius 2 is 1.83 bits per heavy atom. The summed E-state index contributed by atoms with van der Waals surface area (Å²) in [6.45, 7) is -0.0500. The molecule has 29 heavy (non-hydrogen) atoms. The van der Waals surface area contributed by atoms with E-state index in [1.807, 2.05) is 48.5 Å². The average molecular weight is 427 g/mol. The third-order valence-electron chi connectivity index (χ3n) is 4.24. The molecule has 0 saturated heterocycles. The first-order valence-electron chi connectivity index (χ1n) is 8.82. The lowest BCUT2D eigenvalue weighted by Gasteiger charge is -2.08. The van der Waals surface area contributed by atoms with E-state index in [4.69, 9.17) is 0 Å². The molecular formula is C20H18N4O3S2. The van der Waals surface area contributed by atoms with Crippen molar-refractivity contribution in [2.24, 2.45) is 0 Å². The van der Waals surface area contributed by atoms with Gasteiger partial charge in [0.15, 0.2) is 15.0 Å². The van der Waals surface area contributed by atoms with E-state index in [0.29, 0.717) is 22.0 Å². The van der Waals surface area contributed by atoms with Gasteiger partial charge in [0.2, 0.25) is 5.91 Å². The van der Waals surface area contributed by atoms with Gasteiger partial charge in [-0.2, -0.15) is 0 Å². The average Bonchev–Trinajstić information content (AvgIpc) is 3.26. The fourth-order valence-electron chi connectivity index (χ4n) is 3.02. The summed E-state index contributed by atoms with van der Waals surface area (Å²) < 4.78 is 25.2. The highest BCUT2D eigenvalue weighted by Crippen LogP contribution is 2.28. The fourth-order valence-corrected chi connectivity index (χ4v) is 4.54. The minimum atomic E-state index is -3.29. The maximum Gasteiger partial charge on any atom is 0.246 e. The van der Waals surface area contributed by atoms with Crippen LogP contribution in [-0.2, 0) is 26.9 Å². The maximum absolute atomic E-state index is 12.6. The first-order valence-corrected chi connectivity index (χ1v) is 11.7. The monoisotopic (exact) mass is 426 g/mol. The number of sulfone groups is 1. The van der Waals surface area contributed by atoms with E-state index in [1.54, 1.807) is 16.8 Å². The van der Waals surface area contributed by atoms with Crippen molar-refractivity contribution in [2.45, 2.75) is 12.3 Å². The van der Waals surface area contributed by atoms with E-state index in [-0.39, 0.29) is 18.2 Å². The number of carbonyl (C=O) groups is 1. The quantitative estimate of drug-likeness (QED) is 0.510. The minimum absolute atomic E-state index is 0.0500. The molecular weight excluding hydrogens is 408 g/mol. The van der Waals surface area contributed by atoms with Gasteiger partial charge in [-0.25, -0.2) is 18.4 Å². The normalized spacial score (nSPS) is 11.6. The van der Waals surface area contributed by atoms with E-state index in [1.165, 1.54) is 11.3 Å². The topological polar surface area (TPSA) is 94.0 Å². The molecule has 0 aliphatic carbocycles. The zero-order valence-electron chi connectivity index (χ0n) is 15.6. The Morgan fingerprint density at radius 3 is 2.59 bits per heavy atom. The number of hydrogen-bond acceptors (Lipinski definition) is 6. The van der Waals surface area contributed by atoms with Gasteiger partial charge in [-0.05, 0) is 17.7 Å². The molecule has 0 unspecified atom stereocenters. The van der Waals surface area contributed by atoms with Crippen LogP contribution in [-0.4, -0.2) is 35.1 Å². The lowest BCUT2D eigenvalue weighted by atomic mass is 10.2. The molecule has 0 spiro atoms. The van der Waals surface area contributed by atoms with Crippen LogP contribution >= 0.6 is 11.3 Å². The molecule has 4 rings (SSSR count). The first-order chi connectivity index (χ1) is 13.9. The number of aromatic nitrogens is 3. The van der Waals surface area contributed by atoms with Crippen LogP contribution in [0, 0.1) is 0 Å². The van der Waals surface area contributed by atoms with Gasteiger partial charge in [0.1, 0.15) is 18.1 Å². The fraction of sp³-hybridized carbons (Fsp3) is 0.150. The SMILES string of the molecule is CS(=O)(=O)Cc1nc2ccccc2n1CC(=O)Nc1ncc(-c2ccccc2)s1. The Hall–Kier alpha value is -3.04. The highest BCUT2D eigenvalue weighted by molar-refractivity contribution is 7.89. The van der Waals surface area contributed by atoms with E-state index >= 15 is 0 Å². The number of carbonyl (C=O) groups excluding carboxylic acids is 1. The molecule has 2 aromatic heterocycles. The van der Waals surface area contributed by atoms with Crippen LogP contribution < -0.4 is 5.32 Å². The number of imidazole rings is 1.